The lowest BCUT2D eigenvalue weighted by molar-refractivity contribution is 0.164. The van der Waals surface area contributed by atoms with Crippen molar-refractivity contribution >= 4 is 20.7 Å². The minimum absolute atomic E-state index is 0.192. The van der Waals surface area contributed by atoms with E-state index in [4.69, 9.17) is 5.11 Å². The molecule has 1 aliphatic rings. The highest BCUT2D eigenvalue weighted by atomic mass is 32.2. The summed E-state index contributed by atoms with van der Waals surface area (Å²) in [6.07, 6.45) is 3.65. The van der Waals surface area contributed by atoms with Crippen LogP contribution in [-0.4, -0.2) is 49.6 Å². The molecule has 1 aromatic heterocycles. The molecule has 0 radical (unpaired) electrons. The zero-order chi connectivity index (χ0) is 18.9. The maximum Gasteiger partial charge on any atom is 0.208 e. The van der Waals surface area contributed by atoms with Crippen molar-refractivity contribution in [2.24, 2.45) is 0 Å². The molecule has 2 N–H and O–H groups in total. The Morgan fingerprint density at radius 1 is 1.04 bits per heavy atom. The minimum atomic E-state index is -3.55. The third-order valence-corrected chi connectivity index (χ3v) is 7.31. The number of β-amino-alcohol motifs (C(OH)–C–C–N with tert-alkyl or cyclic N) is 1. The van der Waals surface area contributed by atoms with Crippen molar-refractivity contribution in [3.8, 4) is 0 Å². The van der Waals surface area contributed by atoms with Gasteiger partial charge in [-0.15, -0.1) is 0 Å². The Kier molecular flexibility index (Phi) is 5.04. The van der Waals surface area contributed by atoms with E-state index in [0.29, 0.717) is 15.7 Å². The maximum absolute atomic E-state index is 13.1. The van der Waals surface area contributed by atoms with E-state index in [2.05, 4.69) is 16.0 Å². The number of para-hydroxylation sites is 1. The SMILES string of the molecule is O=S(=O)(c1ccccc1)c1c[nH]c2c(C3CCN(CCO)CC3)cccc12. The normalized spacial score (nSPS) is 16.8. The number of nitrogens with one attached hydrogen (secondary N) is 1. The molecule has 142 valence electrons. The van der Waals surface area contributed by atoms with Gasteiger partial charge in [-0.1, -0.05) is 36.4 Å². The van der Waals surface area contributed by atoms with Crippen molar-refractivity contribution in [1.82, 2.24) is 9.88 Å². The monoisotopic (exact) mass is 384 g/mol. The molecule has 1 aliphatic heterocycles. The largest absolute Gasteiger partial charge is 0.395 e. The Bertz CT molecular complexity index is 1020. The molecule has 0 aliphatic carbocycles. The number of hydrogen-bond acceptors (Lipinski definition) is 4. The highest BCUT2D eigenvalue weighted by Gasteiger charge is 2.26. The van der Waals surface area contributed by atoms with Crippen LogP contribution in [0.4, 0.5) is 0 Å². The van der Waals surface area contributed by atoms with Crippen LogP contribution in [0.5, 0.6) is 0 Å². The quantitative estimate of drug-likeness (QED) is 0.709. The Labute approximate surface area is 159 Å². The molecule has 6 heteroatoms. The zero-order valence-electron chi connectivity index (χ0n) is 15.1. The van der Waals surface area contributed by atoms with Crippen molar-refractivity contribution < 1.29 is 13.5 Å². The van der Waals surface area contributed by atoms with Crippen LogP contribution in [0.15, 0.2) is 64.5 Å². The summed E-state index contributed by atoms with van der Waals surface area (Å²) < 4.78 is 26.1. The molecular formula is C21H24N2O3S. The molecule has 0 atom stereocenters. The summed E-state index contributed by atoms with van der Waals surface area (Å²) >= 11 is 0. The van der Waals surface area contributed by atoms with Gasteiger partial charge in [-0.3, -0.25) is 0 Å². The third kappa shape index (κ3) is 3.40. The van der Waals surface area contributed by atoms with Crippen LogP contribution in [0.3, 0.4) is 0 Å². The lowest BCUT2D eigenvalue weighted by Crippen LogP contribution is -2.34. The lowest BCUT2D eigenvalue weighted by atomic mass is 9.88. The van der Waals surface area contributed by atoms with Gasteiger partial charge >= 0.3 is 0 Å². The van der Waals surface area contributed by atoms with Crippen molar-refractivity contribution in [2.45, 2.75) is 28.6 Å². The minimum Gasteiger partial charge on any atom is -0.395 e. The van der Waals surface area contributed by atoms with Gasteiger partial charge in [0.1, 0.15) is 0 Å². The van der Waals surface area contributed by atoms with E-state index in [1.165, 1.54) is 5.56 Å². The standard InChI is InChI=1S/C21H24N2O3S/c24-14-13-23-11-9-16(10-12-23)18-7-4-8-19-20(15-22-21(18)19)27(25,26)17-5-2-1-3-6-17/h1-8,15-16,22,24H,9-14H2. The number of nitrogens with zero attached hydrogens (tertiary/aromatic N) is 1. The van der Waals surface area contributed by atoms with Gasteiger partial charge < -0.3 is 15.0 Å². The number of aliphatic hydroxyl groups is 1. The average Bonchev–Trinajstić information content (AvgIpc) is 3.15. The average molecular weight is 385 g/mol. The molecule has 4 rings (SSSR count). The predicted molar refractivity (Wildman–Crippen MR) is 106 cm³/mol. The fourth-order valence-corrected chi connectivity index (χ4v) is 5.49. The number of likely N-dealkylation sites (tertiary alicyclic amines) is 1. The van der Waals surface area contributed by atoms with Gasteiger partial charge in [-0.25, -0.2) is 8.42 Å². The molecule has 0 spiro atoms. The Morgan fingerprint density at radius 2 is 1.78 bits per heavy atom. The summed E-state index contributed by atoms with van der Waals surface area (Å²) in [4.78, 5) is 6.16. The van der Waals surface area contributed by atoms with E-state index in [1.807, 2.05) is 18.2 Å². The fraction of sp³-hybridized carbons (Fsp3) is 0.333. The number of aromatic amines is 1. The summed E-state index contributed by atoms with van der Waals surface area (Å²) in [5.41, 5.74) is 2.11. The molecular weight excluding hydrogens is 360 g/mol. The molecule has 1 fully saturated rings. The van der Waals surface area contributed by atoms with Gasteiger partial charge in [0.15, 0.2) is 0 Å². The van der Waals surface area contributed by atoms with Gasteiger partial charge in [-0.05, 0) is 49.5 Å². The molecule has 0 amide bonds. The Hall–Kier alpha value is -2.15. The second-order valence-electron chi connectivity index (χ2n) is 7.08. The summed E-state index contributed by atoms with van der Waals surface area (Å²) in [7, 11) is -3.55. The zero-order valence-corrected chi connectivity index (χ0v) is 16.0. The van der Waals surface area contributed by atoms with Crippen molar-refractivity contribution in [3.05, 3.63) is 60.3 Å². The highest BCUT2D eigenvalue weighted by molar-refractivity contribution is 7.91. The second-order valence-corrected chi connectivity index (χ2v) is 9.00. The number of sulfone groups is 1. The maximum atomic E-state index is 13.1. The van der Waals surface area contributed by atoms with E-state index in [9.17, 15) is 8.42 Å². The Balaban J connectivity index is 1.69. The second kappa shape index (κ2) is 7.46. The van der Waals surface area contributed by atoms with Crippen molar-refractivity contribution in [2.75, 3.05) is 26.2 Å². The summed E-state index contributed by atoms with van der Waals surface area (Å²) in [6, 6.07) is 14.5. The number of H-pyrrole nitrogens is 1. The third-order valence-electron chi connectivity index (χ3n) is 5.50. The van der Waals surface area contributed by atoms with Crippen LogP contribution in [0, 0.1) is 0 Å². The number of rotatable bonds is 5. The molecule has 0 unspecified atom stereocenters. The number of fused-ring (bicyclic) bond motifs is 1. The smallest absolute Gasteiger partial charge is 0.208 e. The molecule has 0 bridgehead atoms. The van der Waals surface area contributed by atoms with Gasteiger partial charge in [-0.2, -0.15) is 0 Å². The first-order chi connectivity index (χ1) is 13.1. The van der Waals surface area contributed by atoms with E-state index in [-0.39, 0.29) is 6.61 Å². The van der Waals surface area contributed by atoms with Crippen LogP contribution >= 0.6 is 0 Å². The lowest BCUT2D eigenvalue weighted by Gasteiger charge is -2.31. The van der Waals surface area contributed by atoms with Crippen LogP contribution in [0.1, 0.15) is 24.3 Å². The molecule has 3 aromatic rings. The molecule has 5 nitrogen and oxygen atoms in total. The molecule has 27 heavy (non-hydrogen) atoms. The van der Waals surface area contributed by atoms with Gasteiger partial charge in [0.2, 0.25) is 9.84 Å². The van der Waals surface area contributed by atoms with E-state index in [0.717, 1.165) is 43.4 Å². The number of benzene rings is 2. The highest BCUT2D eigenvalue weighted by Crippen LogP contribution is 2.36. The first-order valence-corrected chi connectivity index (χ1v) is 10.8. The van der Waals surface area contributed by atoms with E-state index < -0.39 is 9.84 Å². The van der Waals surface area contributed by atoms with E-state index >= 15 is 0 Å². The summed E-state index contributed by atoms with van der Waals surface area (Å²) in [5.74, 6) is 0.398. The molecule has 0 saturated carbocycles. The van der Waals surface area contributed by atoms with E-state index in [1.54, 1.807) is 30.5 Å². The number of aromatic nitrogens is 1. The molecule has 1 saturated heterocycles. The first kappa shape index (κ1) is 18.2. The number of hydrogen-bond donors (Lipinski definition) is 2. The number of piperidine rings is 1. The fourth-order valence-electron chi connectivity index (χ4n) is 4.05. The molecule has 2 aromatic carbocycles. The van der Waals surface area contributed by atoms with Gasteiger partial charge in [0, 0.05) is 18.1 Å². The number of aliphatic hydroxyl groups excluding tert-OH is 1. The van der Waals surface area contributed by atoms with Crippen LogP contribution in [0.25, 0.3) is 10.9 Å². The van der Waals surface area contributed by atoms with Crippen LogP contribution < -0.4 is 0 Å². The van der Waals surface area contributed by atoms with Crippen molar-refractivity contribution in [1.29, 1.82) is 0 Å². The van der Waals surface area contributed by atoms with Crippen LogP contribution in [0.2, 0.25) is 0 Å². The van der Waals surface area contributed by atoms with Crippen LogP contribution in [-0.2, 0) is 9.84 Å². The summed E-state index contributed by atoms with van der Waals surface area (Å²) in [5, 5.41) is 9.87. The predicted octanol–water partition coefficient (Wildman–Crippen LogP) is 3.17. The first-order valence-electron chi connectivity index (χ1n) is 9.34. The molecule has 2 heterocycles. The van der Waals surface area contributed by atoms with Gasteiger partial charge in [0.25, 0.3) is 0 Å². The topological polar surface area (TPSA) is 73.4 Å². The summed E-state index contributed by atoms with van der Waals surface area (Å²) in [6.45, 7) is 2.82. The Morgan fingerprint density at radius 3 is 2.48 bits per heavy atom. The van der Waals surface area contributed by atoms with Gasteiger partial charge in [0.05, 0.1) is 21.9 Å². The van der Waals surface area contributed by atoms with Crippen molar-refractivity contribution in [3.63, 3.8) is 0 Å².